The first-order valence-corrected chi connectivity index (χ1v) is 6.46. The van der Waals surface area contributed by atoms with Crippen LogP contribution in [0.5, 0.6) is 5.75 Å². The van der Waals surface area contributed by atoms with Crippen LogP contribution in [-0.4, -0.2) is 36.1 Å². The van der Waals surface area contributed by atoms with E-state index in [1.54, 1.807) is 0 Å². The number of aliphatic carboxylic acids is 1. The summed E-state index contributed by atoms with van der Waals surface area (Å²) in [6.07, 6.45) is 1.62. The Morgan fingerprint density at radius 3 is 2.64 bits per heavy atom. The topological polar surface area (TPSA) is 116 Å². The number of carbonyl (C=O) groups excluding carboxylic acids is 3. The number of phenolic OH excluding ortho intramolecular Hbond substituents is 1. The average Bonchev–Trinajstić information content (AvgIpc) is 2.47. The van der Waals surface area contributed by atoms with Crippen LogP contribution in [0.25, 0.3) is 0 Å². The Hall–Kier alpha value is -2.54. The van der Waals surface area contributed by atoms with Gasteiger partial charge in [0.1, 0.15) is 5.75 Å². The molecule has 1 aromatic rings. The van der Waals surface area contributed by atoms with Gasteiger partial charge in [0.15, 0.2) is 0 Å². The summed E-state index contributed by atoms with van der Waals surface area (Å²) < 4.78 is 4.30. The van der Waals surface area contributed by atoms with E-state index in [4.69, 9.17) is 11.6 Å². The molecule has 0 bridgehead atoms. The van der Waals surface area contributed by atoms with Gasteiger partial charge in [-0.25, -0.2) is 4.79 Å². The SMILES string of the molecule is COC(=O)/C=C/C(=O)N[C@@H](Cc1ccc(O)c(Cl)c1)C(=O)[O-]. The lowest BCUT2D eigenvalue weighted by atomic mass is 10.1. The highest BCUT2D eigenvalue weighted by Gasteiger charge is 2.14. The Balaban J connectivity index is 2.75. The zero-order valence-corrected chi connectivity index (χ0v) is 12.3. The summed E-state index contributed by atoms with van der Waals surface area (Å²) in [6.45, 7) is 0. The number of benzene rings is 1. The van der Waals surface area contributed by atoms with Crippen LogP contribution in [-0.2, 0) is 25.5 Å². The van der Waals surface area contributed by atoms with Gasteiger partial charge in [-0.2, -0.15) is 0 Å². The van der Waals surface area contributed by atoms with E-state index in [9.17, 15) is 24.6 Å². The van der Waals surface area contributed by atoms with Crippen molar-refractivity contribution < 1.29 is 29.3 Å². The van der Waals surface area contributed by atoms with Gasteiger partial charge in [-0.15, -0.1) is 0 Å². The number of nitrogens with one attached hydrogen (secondary N) is 1. The number of esters is 1. The van der Waals surface area contributed by atoms with Crippen LogP contribution >= 0.6 is 11.6 Å². The van der Waals surface area contributed by atoms with E-state index in [0.29, 0.717) is 5.56 Å². The minimum absolute atomic E-state index is 0.0616. The molecular weight excluding hydrogens is 314 g/mol. The molecule has 2 N–H and O–H groups in total. The molecule has 1 amide bonds. The number of aromatic hydroxyl groups is 1. The monoisotopic (exact) mass is 326 g/mol. The minimum Gasteiger partial charge on any atom is -0.548 e. The number of phenols is 1. The van der Waals surface area contributed by atoms with Crippen molar-refractivity contribution in [3.63, 3.8) is 0 Å². The van der Waals surface area contributed by atoms with Gasteiger partial charge >= 0.3 is 5.97 Å². The molecule has 0 radical (unpaired) electrons. The Morgan fingerprint density at radius 2 is 2.09 bits per heavy atom. The molecule has 22 heavy (non-hydrogen) atoms. The van der Waals surface area contributed by atoms with Crippen LogP contribution in [0.4, 0.5) is 0 Å². The zero-order chi connectivity index (χ0) is 16.7. The summed E-state index contributed by atoms with van der Waals surface area (Å²) in [6, 6.07) is 2.83. The van der Waals surface area contributed by atoms with Gasteiger partial charge in [0.05, 0.1) is 24.1 Å². The molecule has 0 aliphatic heterocycles. The molecule has 0 unspecified atom stereocenters. The fourth-order valence-electron chi connectivity index (χ4n) is 1.54. The van der Waals surface area contributed by atoms with Crippen molar-refractivity contribution >= 4 is 29.4 Å². The van der Waals surface area contributed by atoms with Gasteiger partial charge in [-0.05, 0) is 24.1 Å². The van der Waals surface area contributed by atoms with Crippen molar-refractivity contribution in [3.05, 3.63) is 40.9 Å². The Kier molecular flexibility index (Phi) is 6.40. The van der Waals surface area contributed by atoms with E-state index < -0.39 is 23.9 Å². The molecule has 0 fully saturated rings. The lowest BCUT2D eigenvalue weighted by molar-refractivity contribution is -0.308. The van der Waals surface area contributed by atoms with Crippen LogP contribution < -0.4 is 10.4 Å². The van der Waals surface area contributed by atoms with E-state index >= 15 is 0 Å². The molecular formula is C14H13ClNO6-. The first-order valence-electron chi connectivity index (χ1n) is 6.08. The number of methoxy groups -OCH3 is 1. The smallest absolute Gasteiger partial charge is 0.330 e. The first-order chi connectivity index (χ1) is 10.3. The number of ether oxygens (including phenoxy) is 1. The highest BCUT2D eigenvalue weighted by atomic mass is 35.5. The van der Waals surface area contributed by atoms with Gasteiger partial charge in [0, 0.05) is 12.2 Å². The van der Waals surface area contributed by atoms with Crippen molar-refractivity contribution in [1.82, 2.24) is 5.32 Å². The van der Waals surface area contributed by atoms with E-state index in [1.807, 2.05) is 0 Å². The summed E-state index contributed by atoms with van der Waals surface area (Å²) in [5, 5.41) is 22.6. The first kappa shape index (κ1) is 17.5. The molecule has 1 rings (SSSR count). The summed E-state index contributed by atoms with van der Waals surface area (Å²) in [5.41, 5.74) is 0.481. The largest absolute Gasteiger partial charge is 0.548 e. The predicted octanol–water partition coefficient (Wildman–Crippen LogP) is -0.448. The van der Waals surface area contributed by atoms with Gasteiger partial charge in [-0.1, -0.05) is 17.7 Å². The molecule has 8 heteroatoms. The molecule has 0 saturated carbocycles. The highest BCUT2D eigenvalue weighted by Crippen LogP contribution is 2.24. The molecule has 1 atom stereocenters. The predicted molar refractivity (Wildman–Crippen MR) is 74.9 cm³/mol. The van der Waals surface area contributed by atoms with Crippen molar-refractivity contribution in [2.75, 3.05) is 7.11 Å². The number of carbonyl (C=O) groups is 3. The Labute approximate surface area is 131 Å². The van der Waals surface area contributed by atoms with E-state index in [-0.39, 0.29) is 17.2 Å². The minimum atomic E-state index is -1.50. The molecule has 118 valence electrons. The average molecular weight is 327 g/mol. The Bertz CT molecular complexity index is 613. The van der Waals surface area contributed by atoms with Crippen LogP contribution in [0, 0.1) is 0 Å². The third kappa shape index (κ3) is 5.45. The quantitative estimate of drug-likeness (QED) is 0.540. The van der Waals surface area contributed by atoms with E-state index in [2.05, 4.69) is 10.1 Å². The third-order valence-corrected chi connectivity index (χ3v) is 2.93. The number of amides is 1. The number of carboxylic acids is 1. The molecule has 0 aliphatic carbocycles. The van der Waals surface area contributed by atoms with Gasteiger partial charge in [0.25, 0.3) is 0 Å². The van der Waals surface area contributed by atoms with Gasteiger partial charge in [-0.3, -0.25) is 4.79 Å². The van der Waals surface area contributed by atoms with E-state index in [1.165, 1.54) is 18.2 Å². The van der Waals surface area contributed by atoms with E-state index in [0.717, 1.165) is 19.3 Å². The van der Waals surface area contributed by atoms with Crippen LogP contribution in [0.15, 0.2) is 30.4 Å². The molecule has 7 nitrogen and oxygen atoms in total. The fraction of sp³-hybridized carbons (Fsp3) is 0.214. The maximum atomic E-state index is 11.5. The van der Waals surface area contributed by atoms with Crippen molar-refractivity contribution in [2.24, 2.45) is 0 Å². The third-order valence-electron chi connectivity index (χ3n) is 2.62. The standard InChI is InChI=1S/C14H14ClNO6/c1-22-13(19)5-4-12(18)16-10(14(20)21)7-8-2-3-11(17)9(15)6-8/h2-6,10,17H,7H2,1H3,(H,16,18)(H,20,21)/p-1/b5-4+/t10-/m0/s1. The lowest BCUT2D eigenvalue weighted by Crippen LogP contribution is -2.48. The molecule has 0 aliphatic rings. The maximum absolute atomic E-state index is 11.5. The number of hydrogen-bond acceptors (Lipinski definition) is 6. The maximum Gasteiger partial charge on any atom is 0.330 e. The lowest BCUT2D eigenvalue weighted by Gasteiger charge is -2.19. The number of carboxylic acid groups (broad SMARTS) is 1. The summed E-state index contributed by atoms with van der Waals surface area (Å²) in [5.74, 6) is -3.17. The number of halogens is 1. The van der Waals surface area contributed by atoms with Gasteiger partial charge < -0.3 is 25.1 Å². The number of hydrogen-bond donors (Lipinski definition) is 2. The second-order valence-electron chi connectivity index (χ2n) is 4.23. The summed E-state index contributed by atoms with van der Waals surface area (Å²) in [7, 11) is 1.14. The summed E-state index contributed by atoms with van der Waals surface area (Å²) >= 11 is 5.72. The van der Waals surface area contributed by atoms with Crippen LogP contribution in [0.3, 0.4) is 0 Å². The normalized spacial score (nSPS) is 11.9. The van der Waals surface area contributed by atoms with Crippen molar-refractivity contribution in [3.8, 4) is 5.75 Å². The molecule has 0 heterocycles. The molecule has 1 aromatic carbocycles. The van der Waals surface area contributed by atoms with Crippen LogP contribution in [0.1, 0.15) is 5.56 Å². The second-order valence-corrected chi connectivity index (χ2v) is 4.63. The van der Waals surface area contributed by atoms with Gasteiger partial charge in [0.2, 0.25) is 5.91 Å². The summed E-state index contributed by atoms with van der Waals surface area (Å²) in [4.78, 5) is 33.4. The van der Waals surface area contributed by atoms with Crippen molar-refractivity contribution in [2.45, 2.75) is 12.5 Å². The van der Waals surface area contributed by atoms with Crippen molar-refractivity contribution in [1.29, 1.82) is 0 Å². The number of rotatable bonds is 6. The van der Waals surface area contributed by atoms with Crippen LogP contribution in [0.2, 0.25) is 5.02 Å². The fourth-order valence-corrected chi connectivity index (χ4v) is 1.74. The second kappa shape index (κ2) is 8.04. The molecule has 0 saturated heterocycles. The highest BCUT2D eigenvalue weighted by molar-refractivity contribution is 6.32. The molecule has 0 aromatic heterocycles. The zero-order valence-electron chi connectivity index (χ0n) is 11.5. The Morgan fingerprint density at radius 1 is 1.41 bits per heavy atom. The molecule has 0 spiro atoms.